The van der Waals surface area contributed by atoms with Crippen LogP contribution in [0.25, 0.3) is 79.4 Å². The Labute approximate surface area is 859 Å². The average molecular weight is 2650 g/mol. The number of hydrogen-bond acceptors (Lipinski definition) is 13. The van der Waals surface area contributed by atoms with Crippen LogP contribution in [-0.4, -0.2) is 79.0 Å². The molecule has 0 spiro atoms. The van der Waals surface area contributed by atoms with Crippen molar-refractivity contribution in [2.24, 2.45) is 0 Å². The molecule has 17 nitrogen and oxygen atoms in total. The van der Waals surface area contributed by atoms with E-state index in [0.717, 1.165) is 123 Å². The average Bonchev–Trinajstić information content (AvgIpc) is 1.54. The topological polar surface area (TPSA) is 178 Å². The van der Waals surface area contributed by atoms with Crippen LogP contribution in [0.15, 0.2) is 322 Å². The van der Waals surface area contributed by atoms with Crippen LogP contribution in [-0.2, 0) is 125 Å². The fraction of sp³-hybridized carbons (Fsp3) is 0.105. The van der Waals surface area contributed by atoms with E-state index in [2.05, 4.69) is 127 Å². The molecule has 0 N–H and O–H groups in total. The van der Waals surface area contributed by atoms with E-state index < -0.39 is 81.6 Å². The molecule has 37 heteroatoms. The molecule has 0 fully saturated rings. The molecular formula is C105H65F16N17Pt4. The van der Waals surface area contributed by atoms with E-state index in [1.807, 2.05) is 140 Å². The monoisotopic (exact) mass is 2650 g/mol. The maximum absolute atomic E-state index is 14.4. The number of pyridine rings is 8. The summed E-state index contributed by atoms with van der Waals surface area (Å²) >= 11 is 0. The van der Waals surface area contributed by atoms with Crippen LogP contribution in [0.3, 0.4) is 0 Å². The van der Waals surface area contributed by atoms with Crippen LogP contribution in [0.1, 0.15) is 95.8 Å². The number of aromatic nitrogens is 16. The third-order valence-electron chi connectivity index (χ3n) is 22.0. The summed E-state index contributed by atoms with van der Waals surface area (Å²) in [6.45, 7) is 7.86. The summed E-state index contributed by atoms with van der Waals surface area (Å²) in [4.78, 5) is 39.1. The number of fused-ring (bicyclic) bond motifs is 3. The fourth-order valence-electron chi connectivity index (χ4n) is 15.2. The van der Waals surface area contributed by atoms with Crippen LogP contribution in [0.5, 0.6) is 0 Å². The Morgan fingerprint density at radius 2 is 0.592 bits per heavy atom. The summed E-state index contributed by atoms with van der Waals surface area (Å²) in [7, 11) is 0. The van der Waals surface area contributed by atoms with E-state index in [0.29, 0.717) is 40.1 Å². The second-order valence-corrected chi connectivity index (χ2v) is 31.8. The number of benzene rings is 7. The first-order chi connectivity index (χ1) is 66.1. The van der Waals surface area contributed by atoms with Crippen molar-refractivity contribution in [3.8, 4) is 79.4 Å². The zero-order valence-corrected chi connectivity index (χ0v) is 82.6. The number of para-hydroxylation sites is 1. The predicted molar refractivity (Wildman–Crippen MR) is 478 cm³/mol. The minimum atomic E-state index is -4.66. The number of nitrogens with zero attached hydrogens (tertiary/aromatic N) is 17. The van der Waals surface area contributed by atoms with Crippen molar-refractivity contribution in [2.75, 3.05) is 4.90 Å². The SMILES string of the molecule is CC(C)(c1cccc(-c2[c-]cccc2)n1)c1cccc(-c2[c-]cccc2)n1.CC(C)(c1cccc(-n2[c-]cc(C(F)(F)F)n2)n1)c1cccc(-n2[c-]cc(C(F)(F)F)n2)n1.FC(F)(F)c1c[c-]n(-c2cccc(C3(c4cccc(-n5[c-]cc(C(F)(F)F)n5)n4)c4ccccc4-c4ccccc43)n2)n1.Fc1c[c-]c(-c2cccc(N(c3ccccc3)c3cccc(-c4[c-]cc(F)cc4F)n3)n2)c(F)c1.[Pt+2].[Pt+2].[Pt+2].[Pt+2]. The van der Waals surface area contributed by atoms with Gasteiger partial charge in [-0.3, -0.25) is 72.8 Å². The number of alkyl halides is 12. The molecular weight excluding hydrogens is 2580 g/mol. The number of halogens is 16. The van der Waals surface area contributed by atoms with Gasteiger partial charge in [0, 0.05) is 73.9 Å². The maximum Gasteiger partial charge on any atom is 2.00 e. The van der Waals surface area contributed by atoms with Crippen LogP contribution >= 0.6 is 0 Å². The van der Waals surface area contributed by atoms with Gasteiger partial charge in [0.05, 0.1) is 46.0 Å². The molecule has 0 saturated heterocycles. The molecule has 19 aromatic rings. The Morgan fingerprint density at radius 1 is 0.282 bits per heavy atom. The Balaban J connectivity index is 0.000000160. The molecule has 12 heterocycles. The summed E-state index contributed by atoms with van der Waals surface area (Å²) in [5.74, 6) is -1.88. The normalized spacial score (nSPS) is 12.1. The molecule has 722 valence electrons. The number of anilines is 3. The molecule has 1 aliphatic rings. The Hall–Kier alpha value is -14.0. The zero-order valence-electron chi connectivity index (χ0n) is 73.5. The number of hydrogen-bond donors (Lipinski definition) is 0. The van der Waals surface area contributed by atoms with E-state index in [1.165, 1.54) is 24.3 Å². The van der Waals surface area contributed by atoms with Gasteiger partial charge in [-0.1, -0.05) is 212 Å². The first kappa shape index (κ1) is 105. The van der Waals surface area contributed by atoms with Crippen LogP contribution in [0.2, 0.25) is 0 Å². The third kappa shape index (κ3) is 22.8. The van der Waals surface area contributed by atoms with Crippen molar-refractivity contribution in [3.05, 3.63) is 462 Å². The Bertz CT molecular complexity index is 7190. The third-order valence-corrected chi connectivity index (χ3v) is 22.0. The molecule has 1 aliphatic carbocycles. The first-order valence-corrected chi connectivity index (χ1v) is 41.8. The minimum absolute atomic E-state index is 0. The Kier molecular flexibility index (Phi) is 32.4. The summed E-state index contributed by atoms with van der Waals surface area (Å²) in [6, 6.07) is 99.9. The molecule has 0 saturated carbocycles. The largest absolute Gasteiger partial charge is 2.00 e. The molecule has 7 aromatic carbocycles. The van der Waals surface area contributed by atoms with Gasteiger partial charge in [0.25, 0.3) is 0 Å². The van der Waals surface area contributed by atoms with Crippen molar-refractivity contribution in [3.63, 3.8) is 0 Å². The van der Waals surface area contributed by atoms with Gasteiger partial charge >= 0.3 is 109 Å². The molecule has 142 heavy (non-hydrogen) atoms. The molecule has 0 unspecified atom stereocenters. The van der Waals surface area contributed by atoms with Gasteiger partial charge in [0.15, 0.2) is 0 Å². The van der Waals surface area contributed by atoms with E-state index in [-0.39, 0.29) is 135 Å². The van der Waals surface area contributed by atoms with Gasteiger partial charge in [-0.25, -0.2) is 0 Å². The smallest absolute Gasteiger partial charge is 0.343 e. The van der Waals surface area contributed by atoms with Crippen LogP contribution in [0.4, 0.5) is 87.6 Å². The first-order valence-electron chi connectivity index (χ1n) is 41.8. The van der Waals surface area contributed by atoms with Gasteiger partial charge < -0.3 is 28.7 Å². The summed E-state index contributed by atoms with van der Waals surface area (Å²) in [5, 5.41) is 14.2. The van der Waals surface area contributed by atoms with E-state index in [1.54, 1.807) is 104 Å². The van der Waals surface area contributed by atoms with Crippen molar-refractivity contribution in [2.45, 2.75) is 68.6 Å². The van der Waals surface area contributed by atoms with E-state index in [9.17, 15) is 70.2 Å². The summed E-state index contributed by atoms with van der Waals surface area (Å²) in [5.41, 5.74) is 5.23. The van der Waals surface area contributed by atoms with Gasteiger partial charge in [-0.15, -0.1) is 120 Å². The maximum atomic E-state index is 14.4. The van der Waals surface area contributed by atoms with Crippen molar-refractivity contribution in [1.82, 2.24) is 79.0 Å². The van der Waals surface area contributed by atoms with Crippen LogP contribution < -0.4 is 4.90 Å². The van der Waals surface area contributed by atoms with Crippen LogP contribution in [0, 0.1) is 72.3 Å². The Morgan fingerprint density at radius 3 is 0.930 bits per heavy atom. The molecule has 0 atom stereocenters. The quantitative estimate of drug-likeness (QED) is 0.0622. The fourth-order valence-corrected chi connectivity index (χ4v) is 15.2. The van der Waals surface area contributed by atoms with E-state index >= 15 is 0 Å². The summed E-state index contributed by atoms with van der Waals surface area (Å²) in [6.07, 6.45) is -8.80. The van der Waals surface area contributed by atoms with Crippen molar-refractivity contribution < 1.29 is 155 Å². The van der Waals surface area contributed by atoms with Gasteiger partial charge in [0.1, 0.15) is 17.1 Å². The summed E-state index contributed by atoms with van der Waals surface area (Å²) < 4.78 is 216. The molecule has 0 radical (unpaired) electrons. The van der Waals surface area contributed by atoms with Gasteiger partial charge in [-0.2, -0.15) is 52.7 Å². The second kappa shape index (κ2) is 43.6. The molecule has 0 amide bonds. The second-order valence-electron chi connectivity index (χ2n) is 31.8. The van der Waals surface area contributed by atoms with Gasteiger partial charge in [-0.05, 0) is 133 Å². The molecule has 12 aromatic heterocycles. The van der Waals surface area contributed by atoms with Crippen molar-refractivity contribution >= 4 is 17.3 Å². The minimum Gasteiger partial charge on any atom is -0.343 e. The zero-order chi connectivity index (χ0) is 97.1. The van der Waals surface area contributed by atoms with Gasteiger partial charge in [0.2, 0.25) is 0 Å². The number of rotatable bonds is 17. The predicted octanol–water partition coefficient (Wildman–Crippen LogP) is 24.8. The van der Waals surface area contributed by atoms with E-state index in [4.69, 9.17) is 19.9 Å². The van der Waals surface area contributed by atoms with Crippen molar-refractivity contribution in [1.29, 1.82) is 0 Å². The molecule has 0 bridgehead atoms. The standard InChI is InChI=1S/C31H16F6N6.C28H15F4N3.C25H20N2.C21H14F6N6.4Pt/c32-30(33,34)25-15-17-42(40-25)27-13-5-11-23(38-27)29(21-9-3-1-7-19(21)20-8-2-4-10-22(20)29)24-12-6-14-28(39-24)43-18-16-26(41-43)31(35,36)37;29-18-12-14-21(23(31)16-18)25-8-4-10-27(33-25)35(20-6-2-1-3-7-20)28-11-5-9-26(34-28)22-15-13-19(30)17-24(22)32;1-25(2,23-17-9-15-21(26-23)19-11-5-3-6-12-19)24-18-10-16-22(27-24)20-13-7-4-8-14-20;1-19(2,13-5-3-7-17(28-13)32-11-9-15(30-32)20(22,23)24)14-6-4-8-18(29-14)33-12-10-16(31-33)21(25,26)27;;;;/h1-16H;1-13,16-17H;3-11,13,15-18H,1-2H3;3-10H,1-2H3;;;;/q4*-2;4*+2. The molecule has 0 aliphatic heterocycles. The molecule has 20 rings (SSSR count).